The van der Waals surface area contributed by atoms with Gasteiger partial charge in [-0.3, -0.25) is 0 Å². The van der Waals surface area contributed by atoms with Gasteiger partial charge in [-0.25, -0.2) is 4.98 Å². The maximum absolute atomic E-state index is 5.39. The third-order valence-corrected chi connectivity index (χ3v) is 3.64. The van der Waals surface area contributed by atoms with Crippen LogP contribution < -0.4 is 0 Å². The first kappa shape index (κ1) is 13.1. The van der Waals surface area contributed by atoms with E-state index in [1.165, 1.54) is 5.56 Å². The van der Waals surface area contributed by atoms with Crippen LogP contribution in [0.1, 0.15) is 11.3 Å². The molecule has 0 bridgehead atoms. The lowest BCUT2D eigenvalue weighted by Gasteiger charge is -2.04. The number of aromatic nitrogens is 2. The zero-order valence-corrected chi connectivity index (χ0v) is 12.8. The highest BCUT2D eigenvalue weighted by molar-refractivity contribution is 9.10. The smallest absolute Gasteiger partial charge is 0.142 e. The molecule has 1 aromatic carbocycles. The molecule has 0 amide bonds. The van der Waals surface area contributed by atoms with Crippen molar-refractivity contribution in [1.82, 2.24) is 10.1 Å². The molecular formula is C16H13BrN2O. The quantitative estimate of drug-likeness (QED) is 0.635. The van der Waals surface area contributed by atoms with Crippen molar-refractivity contribution in [3.63, 3.8) is 0 Å². The van der Waals surface area contributed by atoms with E-state index in [4.69, 9.17) is 4.52 Å². The van der Waals surface area contributed by atoms with Crippen molar-refractivity contribution in [2.75, 3.05) is 0 Å². The molecule has 3 nitrogen and oxygen atoms in total. The molecule has 0 spiro atoms. The molecule has 0 radical (unpaired) electrons. The van der Waals surface area contributed by atoms with Gasteiger partial charge in [0.25, 0.3) is 0 Å². The molecule has 3 rings (SSSR count). The molecule has 0 atom stereocenters. The summed E-state index contributed by atoms with van der Waals surface area (Å²) in [6.45, 7) is 3.99. The molecule has 20 heavy (non-hydrogen) atoms. The Kier molecular flexibility index (Phi) is 3.40. The van der Waals surface area contributed by atoms with Crippen LogP contribution in [0.5, 0.6) is 0 Å². The van der Waals surface area contributed by atoms with Crippen LogP contribution in [-0.2, 0) is 0 Å². The van der Waals surface area contributed by atoms with Gasteiger partial charge >= 0.3 is 0 Å². The predicted octanol–water partition coefficient (Wildman–Crippen LogP) is 4.78. The summed E-state index contributed by atoms with van der Waals surface area (Å²) < 4.78 is 6.19. The van der Waals surface area contributed by atoms with Crippen LogP contribution >= 0.6 is 15.9 Å². The van der Waals surface area contributed by atoms with Crippen molar-refractivity contribution in [3.8, 4) is 22.4 Å². The zero-order chi connectivity index (χ0) is 14.1. The van der Waals surface area contributed by atoms with E-state index in [0.29, 0.717) is 0 Å². The molecule has 0 saturated heterocycles. The Labute approximate surface area is 125 Å². The number of hydrogen-bond acceptors (Lipinski definition) is 3. The minimum Gasteiger partial charge on any atom is -0.360 e. The number of hydrogen-bond donors (Lipinski definition) is 0. The second-order valence-corrected chi connectivity index (χ2v) is 5.51. The molecule has 0 fully saturated rings. The highest BCUT2D eigenvalue weighted by Gasteiger charge is 2.16. The first-order valence-electron chi connectivity index (χ1n) is 6.30. The van der Waals surface area contributed by atoms with Gasteiger partial charge in [-0.1, -0.05) is 35.0 Å². The fourth-order valence-electron chi connectivity index (χ4n) is 2.18. The monoisotopic (exact) mass is 328 g/mol. The van der Waals surface area contributed by atoms with E-state index in [9.17, 15) is 0 Å². The topological polar surface area (TPSA) is 38.9 Å². The fraction of sp³-hybridized carbons (Fsp3) is 0.125. The van der Waals surface area contributed by atoms with Gasteiger partial charge in [-0.2, -0.15) is 0 Å². The lowest BCUT2D eigenvalue weighted by atomic mass is 10.00. The van der Waals surface area contributed by atoms with Crippen LogP contribution in [0.2, 0.25) is 0 Å². The molecule has 0 aliphatic heterocycles. The summed E-state index contributed by atoms with van der Waals surface area (Å²) in [4.78, 5) is 4.16. The molecule has 100 valence electrons. The molecule has 0 aliphatic rings. The van der Waals surface area contributed by atoms with Gasteiger partial charge in [-0.15, -0.1) is 0 Å². The normalized spacial score (nSPS) is 10.8. The van der Waals surface area contributed by atoms with Crippen molar-refractivity contribution in [2.24, 2.45) is 0 Å². The molecule has 3 aromatic rings. The van der Waals surface area contributed by atoms with Gasteiger partial charge in [0.2, 0.25) is 0 Å². The summed E-state index contributed by atoms with van der Waals surface area (Å²) in [7, 11) is 0. The number of pyridine rings is 1. The summed E-state index contributed by atoms with van der Waals surface area (Å²) >= 11 is 3.40. The van der Waals surface area contributed by atoms with Crippen molar-refractivity contribution >= 4 is 15.9 Å². The van der Waals surface area contributed by atoms with Crippen molar-refractivity contribution in [1.29, 1.82) is 0 Å². The largest absolute Gasteiger partial charge is 0.360 e. The third-order valence-electron chi connectivity index (χ3n) is 3.20. The van der Waals surface area contributed by atoms with E-state index in [2.05, 4.69) is 57.3 Å². The zero-order valence-electron chi connectivity index (χ0n) is 11.2. The van der Waals surface area contributed by atoms with E-state index in [1.54, 1.807) is 6.20 Å². The molecule has 2 heterocycles. The second-order valence-electron chi connectivity index (χ2n) is 4.70. The third kappa shape index (κ3) is 2.39. The Hall–Kier alpha value is -1.94. The highest BCUT2D eigenvalue weighted by atomic mass is 79.9. The maximum atomic E-state index is 5.39. The average molecular weight is 329 g/mol. The molecule has 4 heteroatoms. The summed E-state index contributed by atoms with van der Waals surface area (Å²) in [5, 5.41) is 4.21. The Morgan fingerprint density at radius 2 is 1.75 bits per heavy atom. The fourth-order valence-corrected chi connectivity index (χ4v) is 2.54. The summed E-state index contributed by atoms with van der Waals surface area (Å²) in [5.41, 5.74) is 5.19. The number of nitrogens with zero attached hydrogens (tertiary/aromatic N) is 2. The van der Waals surface area contributed by atoms with E-state index in [-0.39, 0.29) is 0 Å². The highest BCUT2D eigenvalue weighted by Crippen LogP contribution is 2.34. The number of benzene rings is 1. The van der Waals surface area contributed by atoms with Crippen molar-refractivity contribution < 1.29 is 4.52 Å². The van der Waals surface area contributed by atoms with Gasteiger partial charge < -0.3 is 4.52 Å². The minimum absolute atomic E-state index is 0.797. The second kappa shape index (κ2) is 5.21. The Balaban J connectivity index is 2.17. The summed E-state index contributed by atoms with van der Waals surface area (Å²) in [5.74, 6) is 0.804. The molecular weight excluding hydrogens is 316 g/mol. The first-order valence-corrected chi connectivity index (χ1v) is 7.09. The predicted molar refractivity (Wildman–Crippen MR) is 82.3 cm³/mol. The standard InChI is InChI=1S/C16H13BrN2O/c1-10-3-5-12(6-4-10)16-15(11(2)20-19-16)13-7-8-18-14(17)9-13/h3-9H,1-2H3. The van der Waals surface area contributed by atoms with E-state index >= 15 is 0 Å². The number of aryl methyl sites for hydroxylation is 2. The lowest BCUT2D eigenvalue weighted by molar-refractivity contribution is 0.400. The van der Waals surface area contributed by atoms with Crippen molar-refractivity contribution in [3.05, 3.63) is 58.5 Å². The van der Waals surface area contributed by atoms with Gasteiger partial charge in [0.05, 0.1) is 5.56 Å². The van der Waals surface area contributed by atoms with E-state index in [0.717, 1.165) is 32.7 Å². The van der Waals surface area contributed by atoms with E-state index in [1.807, 2.05) is 19.1 Å². The lowest BCUT2D eigenvalue weighted by Crippen LogP contribution is -1.86. The summed E-state index contributed by atoms with van der Waals surface area (Å²) in [6.07, 6.45) is 1.77. The molecule has 0 aliphatic carbocycles. The maximum Gasteiger partial charge on any atom is 0.142 e. The van der Waals surface area contributed by atoms with E-state index < -0.39 is 0 Å². The molecule has 0 N–H and O–H groups in total. The molecule has 2 aromatic heterocycles. The number of rotatable bonds is 2. The van der Waals surface area contributed by atoms with Crippen LogP contribution in [0.3, 0.4) is 0 Å². The van der Waals surface area contributed by atoms with Gasteiger partial charge in [-0.05, 0) is 47.5 Å². The van der Waals surface area contributed by atoms with Crippen LogP contribution in [0.25, 0.3) is 22.4 Å². The Morgan fingerprint density at radius 1 is 1.00 bits per heavy atom. The average Bonchev–Trinajstić information content (AvgIpc) is 2.81. The minimum atomic E-state index is 0.797. The first-order chi connectivity index (χ1) is 9.65. The van der Waals surface area contributed by atoms with Crippen molar-refractivity contribution in [2.45, 2.75) is 13.8 Å². The van der Waals surface area contributed by atoms with Crippen LogP contribution in [-0.4, -0.2) is 10.1 Å². The van der Waals surface area contributed by atoms with Crippen LogP contribution in [0.15, 0.2) is 51.7 Å². The van der Waals surface area contributed by atoms with Crippen LogP contribution in [0, 0.1) is 13.8 Å². The van der Waals surface area contributed by atoms with Gasteiger partial charge in [0.15, 0.2) is 0 Å². The van der Waals surface area contributed by atoms with Gasteiger partial charge in [0, 0.05) is 11.8 Å². The SMILES string of the molecule is Cc1ccc(-c2noc(C)c2-c2ccnc(Br)c2)cc1. The summed E-state index contributed by atoms with van der Waals surface area (Å²) in [6, 6.07) is 12.2. The number of halogens is 1. The Morgan fingerprint density at radius 3 is 2.45 bits per heavy atom. The molecule has 0 unspecified atom stereocenters. The molecule has 0 saturated carbocycles. The van der Waals surface area contributed by atoms with Crippen LogP contribution in [0.4, 0.5) is 0 Å². The Bertz CT molecular complexity index is 747. The van der Waals surface area contributed by atoms with Gasteiger partial charge in [0.1, 0.15) is 16.1 Å².